The summed E-state index contributed by atoms with van der Waals surface area (Å²) in [6, 6.07) is 4.43. The number of hydrogen-bond donors (Lipinski definition) is 1. The van der Waals surface area contributed by atoms with Gasteiger partial charge in [0.25, 0.3) is 5.91 Å². The Balaban J connectivity index is 1.90. The molecule has 0 saturated carbocycles. The van der Waals surface area contributed by atoms with Crippen LogP contribution in [0, 0.1) is 5.92 Å². The molecule has 1 N–H and O–H groups in total. The van der Waals surface area contributed by atoms with Crippen molar-refractivity contribution in [2.45, 2.75) is 38.9 Å². The summed E-state index contributed by atoms with van der Waals surface area (Å²) in [4.78, 5) is 25.7. The van der Waals surface area contributed by atoms with Crippen LogP contribution in [0.25, 0.3) is 0 Å². The van der Waals surface area contributed by atoms with Crippen LogP contribution in [0.1, 0.15) is 42.6 Å². The van der Waals surface area contributed by atoms with E-state index >= 15 is 0 Å². The van der Waals surface area contributed by atoms with Crippen molar-refractivity contribution in [3.05, 3.63) is 35.4 Å². The molecular formula is C18H23F3N2O3. The van der Waals surface area contributed by atoms with E-state index in [1.54, 1.807) is 4.90 Å². The molecule has 8 heteroatoms. The highest BCUT2D eigenvalue weighted by Gasteiger charge is 2.35. The van der Waals surface area contributed by atoms with Crippen LogP contribution in [0.3, 0.4) is 0 Å². The summed E-state index contributed by atoms with van der Waals surface area (Å²) in [7, 11) is 0. The van der Waals surface area contributed by atoms with E-state index in [2.05, 4.69) is 5.32 Å². The van der Waals surface area contributed by atoms with Crippen molar-refractivity contribution < 1.29 is 27.5 Å². The van der Waals surface area contributed by atoms with Gasteiger partial charge in [0.05, 0.1) is 17.7 Å². The van der Waals surface area contributed by atoms with Crippen molar-refractivity contribution in [2.75, 3.05) is 19.7 Å². The molecule has 0 spiro atoms. The molecule has 1 aromatic rings. The van der Waals surface area contributed by atoms with Gasteiger partial charge in [-0.15, -0.1) is 0 Å². The van der Waals surface area contributed by atoms with Gasteiger partial charge in [-0.3, -0.25) is 4.79 Å². The van der Waals surface area contributed by atoms with Gasteiger partial charge >= 0.3 is 12.3 Å². The number of amides is 2. The molecule has 144 valence electrons. The van der Waals surface area contributed by atoms with E-state index in [0.717, 1.165) is 12.1 Å². The second-order valence-electron chi connectivity index (χ2n) is 6.75. The van der Waals surface area contributed by atoms with Gasteiger partial charge in [0, 0.05) is 19.1 Å². The average molecular weight is 372 g/mol. The fourth-order valence-corrected chi connectivity index (χ4v) is 2.73. The Kier molecular flexibility index (Phi) is 6.50. The summed E-state index contributed by atoms with van der Waals surface area (Å²) in [5.74, 6) is -0.511. The minimum Gasteiger partial charge on any atom is -0.449 e. The molecule has 1 aliphatic heterocycles. The highest BCUT2D eigenvalue weighted by atomic mass is 19.4. The lowest BCUT2D eigenvalue weighted by atomic mass is 10.0. The van der Waals surface area contributed by atoms with E-state index < -0.39 is 29.3 Å². The number of nitrogens with zero attached hydrogens (tertiary/aromatic N) is 1. The second kappa shape index (κ2) is 8.42. The third-order valence-electron chi connectivity index (χ3n) is 4.11. The minimum absolute atomic E-state index is 0.240. The summed E-state index contributed by atoms with van der Waals surface area (Å²) in [6.07, 6.45) is -4.05. The van der Waals surface area contributed by atoms with Crippen LogP contribution in [0.4, 0.5) is 18.0 Å². The largest absolute Gasteiger partial charge is 0.449 e. The van der Waals surface area contributed by atoms with Crippen molar-refractivity contribution in [1.29, 1.82) is 0 Å². The first kappa shape index (κ1) is 20.1. The van der Waals surface area contributed by atoms with Crippen LogP contribution in [0.5, 0.6) is 0 Å². The number of nitrogens with one attached hydrogen (secondary N) is 1. The highest BCUT2D eigenvalue weighted by Crippen LogP contribution is 2.31. The van der Waals surface area contributed by atoms with Crippen LogP contribution < -0.4 is 5.32 Å². The van der Waals surface area contributed by atoms with Crippen molar-refractivity contribution in [1.82, 2.24) is 10.2 Å². The van der Waals surface area contributed by atoms with Gasteiger partial charge in [0.15, 0.2) is 0 Å². The van der Waals surface area contributed by atoms with Gasteiger partial charge in [-0.05, 0) is 30.9 Å². The molecule has 0 unspecified atom stereocenters. The van der Waals surface area contributed by atoms with Gasteiger partial charge in [-0.2, -0.15) is 13.2 Å². The average Bonchev–Trinajstić information content (AvgIpc) is 2.59. The first-order chi connectivity index (χ1) is 12.2. The van der Waals surface area contributed by atoms with Gasteiger partial charge < -0.3 is 15.0 Å². The summed E-state index contributed by atoms with van der Waals surface area (Å²) >= 11 is 0. The maximum atomic E-state index is 13.0. The number of benzene rings is 1. The number of rotatable bonds is 4. The fourth-order valence-electron chi connectivity index (χ4n) is 2.73. The van der Waals surface area contributed by atoms with Crippen molar-refractivity contribution in [3.8, 4) is 0 Å². The zero-order valence-electron chi connectivity index (χ0n) is 14.8. The van der Waals surface area contributed by atoms with Crippen LogP contribution in [-0.4, -0.2) is 42.6 Å². The lowest BCUT2D eigenvalue weighted by Gasteiger charge is -2.32. The second-order valence-corrected chi connectivity index (χ2v) is 6.75. The quantitative estimate of drug-likeness (QED) is 0.877. The molecule has 0 radical (unpaired) electrons. The molecule has 1 aromatic carbocycles. The zero-order valence-corrected chi connectivity index (χ0v) is 14.8. The standard InChI is InChI=1S/C18H23F3N2O3/c1-12(2)11-26-17(25)23-9-7-13(8-10-23)22-16(24)14-5-3-4-6-15(14)18(19,20)21/h3-6,12-13H,7-11H2,1-2H3,(H,22,24). The van der Waals surface area contributed by atoms with Gasteiger partial charge in [0.1, 0.15) is 0 Å². The Morgan fingerprint density at radius 3 is 2.42 bits per heavy atom. The molecule has 0 bridgehead atoms. The SMILES string of the molecule is CC(C)COC(=O)N1CCC(NC(=O)c2ccccc2C(F)(F)F)CC1. The molecule has 0 atom stereocenters. The molecular weight excluding hydrogens is 349 g/mol. The van der Waals surface area contributed by atoms with E-state index in [-0.39, 0.29) is 12.0 Å². The molecule has 26 heavy (non-hydrogen) atoms. The Labute approximate surface area is 150 Å². The normalized spacial score (nSPS) is 15.8. The van der Waals surface area contributed by atoms with Gasteiger partial charge in [0.2, 0.25) is 0 Å². The predicted octanol–water partition coefficient (Wildman–Crippen LogP) is 3.69. The Bertz CT molecular complexity index is 639. The van der Waals surface area contributed by atoms with E-state index in [4.69, 9.17) is 4.74 Å². The van der Waals surface area contributed by atoms with Crippen LogP contribution in [-0.2, 0) is 10.9 Å². The number of ether oxygens (including phenoxy) is 1. The number of carbonyl (C=O) groups excluding carboxylic acids is 2. The molecule has 0 aromatic heterocycles. The fraction of sp³-hybridized carbons (Fsp3) is 0.556. The molecule has 1 fully saturated rings. The lowest BCUT2D eigenvalue weighted by Crippen LogP contribution is -2.47. The number of likely N-dealkylation sites (tertiary alicyclic amines) is 1. The Morgan fingerprint density at radius 1 is 1.23 bits per heavy atom. The van der Waals surface area contributed by atoms with Gasteiger partial charge in [-0.25, -0.2) is 4.79 Å². The maximum absolute atomic E-state index is 13.0. The molecule has 1 heterocycles. The van der Waals surface area contributed by atoms with Crippen molar-refractivity contribution in [3.63, 3.8) is 0 Å². The van der Waals surface area contributed by atoms with E-state index in [1.807, 2.05) is 13.8 Å². The van der Waals surface area contributed by atoms with Crippen LogP contribution in [0.15, 0.2) is 24.3 Å². The molecule has 2 amide bonds. The molecule has 1 aliphatic rings. The monoisotopic (exact) mass is 372 g/mol. The molecule has 1 saturated heterocycles. The first-order valence-corrected chi connectivity index (χ1v) is 8.57. The number of halogens is 3. The minimum atomic E-state index is -4.59. The van der Waals surface area contributed by atoms with Crippen molar-refractivity contribution >= 4 is 12.0 Å². The highest BCUT2D eigenvalue weighted by molar-refractivity contribution is 5.96. The third-order valence-corrected chi connectivity index (χ3v) is 4.11. The van der Waals surface area contributed by atoms with E-state index in [1.165, 1.54) is 12.1 Å². The van der Waals surface area contributed by atoms with Crippen LogP contribution in [0.2, 0.25) is 0 Å². The van der Waals surface area contributed by atoms with E-state index in [0.29, 0.717) is 32.5 Å². The molecule has 5 nitrogen and oxygen atoms in total. The summed E-state index contributed by atoms with van der Waals surface area (Å²) in [6.45, 7) is 5.00. The van der Waals surface area contributed by atoms with Crippen molar-refractivity contribution in [2.24, 2.45) is 5.92 Å². The number of hydrogen-bond acceptors (Lipinski definition) is 3. The number of piperidine rings is 1. The summed E-state index contributed by atoms with van der Waals surface area (Å²) < 4.78 is 44.2. The van der Waals surface area contributed by atoms with Crippen LogP contribution >= 0.6 is 0 Å². The Hall–Kier alpha value is -2.25. The molecule has 2 rings (SSSR count). The first-order valence-electron chi connectivity index (χ1n) is 8.57. The number of carbonyl (C=O) groups is 2. The summed E-state index contributed by atoms with van der Waals surface area (Å²) in [5.41, 5.74) is -1.34. The third kappa shape index (κ3) is 5.37. The number of alkyl halides is 3. The van der Waals surface area contributed by atoms with Gasteiger partial charge in [-0.1, -0.05) is 26.0 Å². The van der Waals surface area contributed by atoms with E-state index in [9.17, 15) is 22.8 Å². The predicted molar refractivity (Wildman–Crippen MR) is 89.7 cm³/mol. The smallest absolute Gasteiger partial charge is 0.417 e. The Morgan fingerprint density at radius 2 is 1.85 bits per heavy atom. The lowest BCUT2D eigenvalue weighted by molar-refractivity contribution is -0.137. The topological polar surface area (TPSA) is 58.6 Å². The summed E-state index contributed by atoms with van der Waals surface area (Å²) in [5, 5.41) is 2.64. The maximum Gasteiger partial charge on any atom is 0.417 e. The molecule has 0 aliphatic carbocycles. The zero-order chi connectivity index (χ0) is 19.3.